The molecule has 10 nitrogen and oxygen atoms in total. The molecule has 43 heavy (non-hydrogen) atoms. The Morgan fingerprint density at radius 1 is 0.907 bits per heavy atom. The Kier molecular flexibility index (Phi) is 10.6. The monoisotopic (exact) mass is 596 g/mol. The first-order valence-corrected chi connectivity index (χ1v) is 14.5. The summed E-state index contributed by atoms with van der Waals surface area (Å²) in [6, 6.07) is 13.2. The number of likely N-dealkylation sites (N-methyl/N-ethyl adjacent to an activating group) is 1. The highest BCUT2D eigenvalue weighted by atomic mass is 16.6. The van der Waals surface area contributed by atoms with Crippen molar-refractivity contribution in [3.63, 3.8) is 0 Å². The highest BCUT2D eigenvalue weighted by Gasteiger charge is 2.36. The van der Waals surface area contributed by atoms with Gasteiger partial charge in [0.25, 0.3) is 0 Å². The van der Waals surface area contributed by atoms with Crippen LogP contribution in [0.15, 0.2) is 48.5 Å². The molecular weight excluding hydrogens is 552 g/mol. The van der Waals surface area contributed by atoms with Crippen molar-refractivity contribution in [1.29, 1.82) is 0 Å². The van der Waals surface area contributed by atoms with Crippen LogP contribution in [0.3, 0.4) is 0 Å². The highest BCUT2D eigenvalue weighted by molar-refractivity contribution is 5.90. The third-order valence-electron chi connectivity index (χ3n) is 7.01. The van der Waals surface area contributed by atoms with Gasteiger partial charge in [-0.1, -0.05) is 48.5 Å². The van der Waals surface area contributed by atoms with E-state index in [4.69, 9.17) is 14.2 Å². The third-order valence-corrected chi connectivity index (χ3v) is 7.01. The van der Waals surface area contributed by atoms with E-state index in [0.717, 1.165) is 27.2 Å². The minimum Gasteiger partial charge on any atom is -0.480 e. The molecule has 234 valence electrons. The number of benzene rings is 2. The van der Waals surface area contributed by atoms with E-state index in [2.05, 4.69) is 5.32 Å². The number of esters is 1. The van der Waals surface area contributed by atoms with Crippen molar-refractivity contribution in [2.45, 2.75) is 96.6 Å². The summed E-state index contributed by atoms with van der Waals surface area (Å²) in [7, 11) is 1.39. The van der Waals surface area contributed by atoms with Gasteiger partial charge in [0.05, 0.1) is 11.7 Å². The number of hydrogen-bond donors (Lipinski definition) is 2. The van der Waals surface area contributed by atoms with E-state index >= 15 is 0 Å². The smallest absolute Gasteiger partial charge is 0.410 e. The Hall–Kier alpha value is -3.92. The summed E-state index contributed by atoms with van der Waals surface area (Å²) in [5, 5.41) is 12.4. The molecule has 2 N–H and O–H groups in total. The van der Waals surface area contributed by atoms with Crippen molar-refractivity contribution >= 4 is 23.9 Å². The minimum absolute atomic E-state index is 0.0335. The van der Waals surface area contributed by atoms with Crippen LogP contribution in [0, 0.1) is 0 Å². The first kappa shape index (κ1) is 33.6. The van der Waals surface area contributed by atoms with Gasteiger partial charge in [0, 0.05) is 19.4 Å². The number of rotatable bonds is 11. The van der Waals surface area contributed by atoms with Crippen LogP contribution in [0.2, 0.25) is 0 Å². The van der Waals surface area contributed by atoms with E-state index in [1.807, 2.05) is 48.5 Å². The third kappa shape index (κ3) is 9.03. The van der Waals surface area contributed by atoms with E-state index in [1.54, 1.807) is 48.5 Å². The van der Waals surface area contributed by atoms with Gasteiger partial charge in [-0.2, -0.15) is 0 Å². The second-order valence-electron chi connectivity index (χ2n) is 12.8. The van der Waals surface area contributed by atoms with Gasteiger partial charge in [0.1, 0.15) is 18.2 Å². The van der Waals surface area contributed by atoms with Crippen molar-refractivity contribution in [2.24, 2.45) is 0 Å². The molecule has 0 fully saturated rings. The lowest BCUT2D eigenvalue weighted by Gasteiger charge is -2.32. The Bertz CT molecular complexity index is 1280. The molecule has 1 aliphatic rings. The molecule has 3 atom stereocenters. The van der Waals surface area contributed by atoms with Crippen molar-refractivity contribution in [3.05, 3.63) is 59.7 Å². The second kappa shape index (κ2) is 13.6. The number of aliphatic carboxylic acids is 1. The van der Waals surface area contributed by atoms with E-state index in [-0.39, 0.29) is 25.4 Å². The molecule has 2 aromatic rings. The zero-order valence-electron chi connectivity index (χ0n) is 26.3. The topological polar surface area (TPSA) is 131 Å². The van der Waals surface area contributed by atoms with E-state index in [0.29, 0.717) is 0 Å². The van der Waals surface area contributed by atoms with Gasteiger partial charge in [-0.25, -0.2) is 9.59 Å². The molecule has 10 heteroatoms. The van der Waals surface area contributed by atoms with Crippen LogP contribution < -0.4 is 5.32 Å². The molecule has 2 aromatic carbocycles. The Morgan fingerprint density at radius 3 is 1.93 bits per heavy atom. The normalized spacial score (nSPS) is 15.0. The van der Waals surface area contributed by atoms with Gasteiger partial charge < -0.3 is 24.6 Å². The number of nitrogens with one attached hydrogen (secondary N) is 1. The highest BCUT2D eigenvalue weighted by Crippen LogP contribution is 2.44. The van der Waals surface area contributed by atoms with Crippen LogP contribution in [0.4, 0.5) is 4.79 Å². The molecular formula is C33H44N2O8. The zero-order valence-corrected chi connectivity index (χ0v) is 26.3. The summed E-state index contributed by atoms with van der Waals surface area (Å²) in [5.74, 6) is -2.79. The fraction of sp³-hybridized carbons (Fsp3) is 0.515. The lowest BCUT2D eigenvalue weighted by Crippen LogP contribution is -2.56. The maximum atomic E-state index is 13.5. The Labute approximate surface area is 253 Å². The van der Waals surface area contributed by atoms with Crippen LogP contribution in [-0.4, -0.2) is 77.0 Å². The van der Waals surface area contributed by atoms with Crippen molar-refractivity contribution in [3.8, 4) is 11.1 Å². The molecule has 1 aliphatic carbocycles. The van der Waals surface area contributed by atoms with Crippen LogP contribution in [0.1, 0.15) is 78.4 Å². The average Bonchev–Trinajstić information content (AvgIpc) is 3.21. The number of carbonyl (C=O) groups is 4. The molecule has 3 rings (SSSR count). The van der Waals surface area contributed by atoms with Gasteiger partial charge in [-0.3, -0.25) is 14.5 Å². The number of ether oxygens (including phenoxy) is 3. The zero-order chi connectivity index (χ0) is 32.1. The van der Waals surface area contributed by atoms with Crippen LogP contribution in [0.5, 0.6) is 0 Å². The molecule has 0 saturated heterocycles. The molecule has 0 spiro atoms. The molecule has 2 amide bonds. The van der Waals surface area contributed by atoms with Crippen molar-refractivity contribution < 1.29 is 38.5 Å². The predicted octanol–water partition coefficient (Wildman–Crippen LogP) is 5.13. The average molecular weight is 597 g/mol. The minimum atomic E-state index is -1.40. The number of carboxylic acids is 1. The van der Waals surface area contributed by atoms with Gasteiger partial charge in [0.15, 0.2) is 6.04 Å². The maximum Gasteiger partial charge on any atom is 0.410 e. The number of carboxylic acid groups (broad SMARTS) is 1. The van der Waals surface area contributed by atoms with Crippen LogP contribution in [-0.2, 0) is 28.6 Å². The number of nitrogens with zero attached hydrogens (tertiary/aromatic N) is 1. The molecule has 0 heterocycles. The molecule has 0 aliphatic heterocycles. The quantitative estimate of drug-likeness (QED) is 0.341. The predicted molar refractivity (Wildman–Crippen MR) is 162 cm³/mol. The van der Waals surface area contributed by atoms with Gasteiger partial charge in [-0.05, 0) is 77.1 Å². The van der Waals surface area contributed by atoms with Crippen LogP contribution >= 0.6 is 0 Å². The number of carbonyl (C=O) groups excluding carboxylic acids is 3. The summed E-state index contributed by atoms with van der Waals surface area (Å²) in [4.78, 5) is 52.6. The van der Waals surface area contributed by atoms with E-state index in [1.165, 1.54) is 7.05 Å². The number of hydrogen-bond acceptors (Lipinski definition) is 7. The van der Waals surface area contributed by atoms with E-state index in [9.17, 15) is 24.3 Å². The first-order valence-electron chi connectivity index (χ1n) is 14.5. The summed E-state index contributed by atoms with van der Waals surface area (Å²) < 4.78 is 16.9. The standard InChI is InChI=1S/C33H44N2O8/c1-20(42-32(2,3)4)28(30(38)39)34-29(37)26(17-18-27(36)43-33(5,6)7)35(8)31(40)41-19-25-23-15-11-9-13-21(23)22-14-10-12-16-24(22)25/h9-16,20,25-26,28H,17-19H2,1-8H3,(H,34,37)(H,38,39)/t20-,26+,28+/m1/s1. The van der Waals surface area contributed by atoms with Crippen molar-refractivity contribution in [2.75, 3.05) is 13.7 Å². The molecule has 0 unspecified atom stereocenters. The van der Waals surface area contributed by atoms with Crippen molar-refractivity contribution in [1.82, 2.24) is 10.2 Å². The molecule has 0 radical (unpaired) electrons. The summed E-state index contributed by atoms with van der Waals surface area (Å²) in [5.41, 5.74) is 2.83. The summed E-state index contributed by atoms with van der Waals surface area (Å²) in [6.45, 7) is 12.1. The molecule has 0 saturated carbocycles. The Balaban J connectivity index is 1.78. The maximum absolute atomic E-state index is 13.5. The lowest BCUT2D eigenvalue weighted by molar-refractivity contribution is -0.156. The molecule has 0 aromatic heterocycles. The largest absolute Gasteiger partial charge is 0.480 e. The fourth-order valence-electron chi connectivity index (χ4n) is 5.23. The van der Waals surface area contributed by atoms with Crippen LogP contribution in [0.25, 0.3) is 11.1 Å². The Morgan fingerprint density at radius 2 is 1.44 bits per heavy atom. The fourth-order valence-corrected chi connectivity index (χ4v) is 5.23. The first-order chi connectivity index (χ1) is 20.0. The lowest BCUT2D eigenvalue weighted by atomic mass is 9.98. The van der Waals surface area contributed by atoms with E-state index < -0.39 is 53.3 Å². The summed E-state index contributed by atoms with van der Waals surface area (Å²) >= 11 is 0. The van der Waals surface area contributed by atoms with Gasteiger partial charge in [0.2, 0.25) is 5.91 Å². The second-order valence-corrected chi connectivity index (χ2v) is 12.8. The SMILES string of the molecule is C[C@@H](OC(C)(C)C)[C@H](NC(=O)[C@H](CCC(=O)OC(C)(C)C)N(C)C(=O)OCC1c2ccccc2-c2ccccc21)C(=O)O. The molecule has 0 bridgehead atoms. The number of amides is 2. The summed E-state index contributed by atoms with van der Waals surface area (Å²) in [6.07, 6.45) is -1.95. The van der Waals surface area contributed by atoms with Gasteiger partial charge in [-0.15, -0.1) is 0 Å². The van der Waals surface area contributed by atoms with Gasteiger partial charge >= 0.3 is 18.0 Å². The number of fused-ring (bicyclic) bond motifs is 3.